The van der Waals surface area contributed by atoms with Gasteiger partial charge >= 0.3 is 0 Å². The minimum atomic E-state index is 0.265. The van der Waals surface area contributed by atoms with E-state index in [1.807, 2.05) is 6.92 Å². The predicted molar refractivity (Wildman–Crippen MR) is 83.6 cm³/mol. The van der Waals surface area contributed by atoms with E-state index in [4.69, 9.17) is 9.47 Å². The number of likely N-dealkylation sites (N-methyl/N-ethyl adjacent to an activating group) is 1. The predicted octanol–water partition coefficient (Wildman–Crippen LogP) is 3.42. The zero-order chi connectivity index (χ0) is 14.5. The zero-order valence-corrected chi connectivity index (χ0v) is 13.0. The van der Waals surface area contributed by atoms with Gasteiger partial charge in [0, 0.05) is 24.1 Å². The maximum atomic E-state index is 5.84. The van der Waals surface area contributed by atoms with Crippen molar-refractivity contribution in [3.05, 3.63) is 28.8 Å². The Kier molecular flexibility index (Phi) is 5.07. The van der Waals surface area contributed by atoms with Crippen LogP contribution in [0.15, 0.2) is 17.7 Å². The van der Waals surface area contributed by atoms with Crippen molar-refractivity contribution in [3.8, 4) is 11.5 Å². The summed E-state index contributed by atoms with van der Waals surface area (Å²) in [6.07, 6.45) is 3.41. The summed E-state index contributed by atoms with van der Waals surface area (Å²) in [4.78, 5) is 0. The highest BCUT2D eigenvalue weighted by atomic mass is 16.5. The van der Waals surface area contributed by atoms with Gasteiger partial charge in [-0.1, -0.05) is 18.6 Å². The van der Waals surface area contributed by atoms with Gasteiger partial charge in [0.1, 0.15) is 17.6 Å². The van der Waals surface area contributed by atoms with Gasteiger partial charge < -0.3 is 14.8 Å². The van der Waals surface area contributed by atoms with E-state index in [1.165, 1.54) is 11.1 Å². The Morgan fingerprint density at radius 3 is 2.95 bits per heavy atom. The average molecular weight is 275 g/mol. The Morgan fingerprint density at radius 1 is 1.45 bits per heavy atom. The first kappa shape index (κ1) is 14.9. The van der Waals surface area contributed by atoms with Gasteiger partial charge in [-0.15, -0.1) is 0 Å². The van der Waals surface area contributed by atoms with Gasteiger partial charge in [-0.05, 0) is 39.4 Å². The third-order valence-electron chi connectivity index (χ3n) is 3.38. The Morgan fingerprint density at radius 2 is 2.25 bits per heavy atom. The molecule has 0 aliphatic carbocycles. The zero-order valence-electron chi connectivity index (χ0n) is 13.0. The van der Waals surface area contributed by atoms with Crippen molar-refractivity contribution in [3.63, 3.8) is 0 Å². The Balaban J connectivity index is 2.28. The Hall–Kier alpha value is -1.48. The fourth-order valence-electron chi connectivity index (χ4n) is 2.49. The molecule has 1 aromatic carbocycles. The molecular weight excluding hydrogens is 250 g/mol. The van der Waals surface area contributed by atoms with Crippen LogP contribution in [0.1, 0.15) is 38.8 Å². The van der Waals surface area contributed by atoms with Crippen molar-refractivity contribution >= 4 is 6.08 Å². The topological polar surface area (TPSA) is 30.5 Å². The van der Waals surface area contributed by atoms with Gasteiger partial charge in [0.2, 0.25) is 0 Å². The van der Waals surface area contributed by atoms with Gasteiger partial charge in [0.05, 0.1) is 6.61 Å². The number of ether oxygens (including phenoxy) is 2. The van der Waals surface area contributed by atoms with Crippen molar-refractivity contribution in [2.24, 2.45) is 0 Å². The van der Waals surface area contributed by atoms with E-state index in [9.17, 15) is 0 Å². The molecule has 0 bridgehead atoms. The summed E-state index contributed by atoms with van der Waals surface area (Å²) in [5.41, 5.74) is 3.65. The van der Waals surface area contributed by atoms with E-state index in [-0.39, 0.29) is 6.10 Å². The van der Waals surface area contributed by atoms with Crippen molar-refractivity contribution in [2.45, 2.75) is 40.2 Å². The molecule has 0 amide bonds. The lowest BCUT2D eigenvalue weighted by molar-refractivity contribution is 0.254. The lowest BCUT2D eigenvalue weighted by Crippen LogP contribution is -2.14. The molecule has 1 aliphatic heterocycles. The number of benzene rings is 1. The third kappa shape index (κ3) is 3.54. The summed E-state index contributed by atoms with van der Waals surface area (Å²) in [5, 5.41) is 3.34. The second kappa shape index (κ2) is 6.80. The van der Waals surface area contributed by atoms with Gasteiger partial charge in [-0.3, -0.25) is 0 Å². The molecular formula is C17H25NO2. The van der Waals surface area contributed by atoms with Crippen LogP contribution in [0.5, 0.6) is 11.5 Å². The summed E-state index contributed by atoms with van der Waals surface area (Å²) in [5.74, 6) is 1.96. The van der Waals surface area contributed by atoms with Crippen LogP contribution in [0.3, 0.4) is 0 Å². The largest absolute Gasteiger partial charge is 0.493 e. The van der Waals surface area contributed by atoms with Crippen molar-refractivity contribution in [1.29, 1.82) is 0 Å². The Labute approximate surface area is 122 Å². The van der Waals surface area contributed by atoms with Gasteiger partial charge in [-0.25, -0.2) is 0 Å². The minimum absolute atomic E-state index is 0.265. The summed E-state index contributed by atoms with van der Waals surface area (Å²) >= 11 is 0. The quantitative estimate of drug-likeness (QED) is 0.863. The first-order valence-electron chi connectivity index (χ1n) is 7.48. The van der Waals surface area contributed by atoms with Crippen molar-refractivity contribution in [2.75, 3.05) is 19.7 Å². The molecule has 0 saturated heterocycles. The SMILES string of the molecule is CCNCC(C)=Cc1cc2c(cc1OCC)CC(C)O2. The summed E-state index contributed by atoms with van der Waals surface area (Å²) < 4.78 is 11.6. The molecule has 3 nitrogen and oxygen atoms in total. The highest BCUT2D eigenvalue weighted by Gasteiger charge is 2.21. The molecule has 1 N–H and O–H groups in total. The molecule has 1 unspecified atom stereocenters. The average Bonchev–Trinajstić information content (AvgIpc) is 2.76. The molecule has 110 valence electrons. The molecule has 0 spiro atoms. The van der Waals surface area contributed by atoms with Crippen LogP contribution in [-0.4, -0.2) is 25.8 Å². The van der Waals surface area contributed by atoms with Crippen LogP contribution in [0, 0.1) is 0 Å². The second-order valence-corrected chi connectivity index (χ2v) is 5.33. The van der Waals surface area contributed by atoms with E-state index >= 15 is 0 Å². The van der Waals surface area contributed by atoms with Crippen LogP contribution in [0.4, 0.5) is 0 Å². The smallest absolute Gasteiger partial charge is 0.127 e. The molecule has 0 saturated carbocycles. The van der Waals surface area contributed by atoms with Gasteiger partial charge in [0.15, 0.2) is 0 Å². The molecule has 0 radical (unpaired) electrons. The molecule has 2 rings (SSSR count). The van der Waals surface area contributed by atoms with Crippen molar-refractivity contribution < 1.29 is 9.47 Å². The van der Waals surface area contributed by atoms with E-state index in [0.29, 0.717) is 6.61 Å². The van der Waals surface area contributed by atoms with Crippen molar-refractivity contribution in [1.82, 2.24) is 5.32 Å². The maximum Gasteiger partial charge on any atom is 0.127 e. The molecule has 0 aromatic heterocycles. The van der Waals surface area contributed by atoms with Crippen LogP contribution in [-0.2, 0) is 6.42 Å². The van der Waals surface area contributed by atoms with Gasteiger partial charge in [-0.2, -0.15) is 0 Å². The van der Waals surface area contributed by atoms with E-state index in [0.717, 1.165) is 36.6 Å². The minimum Gasteiger partial charge on any atom is -0.493 e. The third-order valence-corrected chi connectivity index (χ3v) is 3.38. The fraction of sp³-hybridized carbons (Fsp3) is 0.529. The van der Waals surface area contributed by atoms with E-state index in [1.54, 1.807) is 0 Å². The molecule has 20 heavy (non-hydrogen) atoms. The fourth-order valence-corrected chi connectivity index (χ4v) is 2.49. The van der Waals surface area contributed by atoms with E-state index < -0.39 is 0 Å². The van der Waals surface area contributed by atoms with Crippen LogP contribution in [0.2, 0.25) is 0 Å². The molecule has 3 heteroatoms. The first-order valence-corrected chi connectivity index (χ1v) is 7.48. The summed E-state index contributed by atoms with van der Waals surface area (Å²) in [6.45, 7) is 10.9. The molecule has 1 heterocycles. The summed E-state index contributed by atoms with van der Waals surface area (Å²) in [6, 6.07) is 4.24. The Bertz CT molecular complexity index is 494. The summed E-state index contributed by atoms with van der Waals surface area (Å²) in [7, 11) is 0. The normalized spacial score (nSPS) is 17.8. The molecule has 0 fully saturated rings. The monoisotopic (exact) mass is 275 g/mol. The van der Waals surface area contributed by atoms with Crippen LogP contribution < -0.4 is 14.8 Å². The van der Waals surface area contributed by atoms with Crippen LogP contribution in [0.25, 0.3) is 6.08 Å². The molecule has 1 aromatic rings. The lowest BCUT2D eigenvalue weighted by Gasteiger charge is -2.11. The number of hydrogen-bond acceptors (Lipinski definition) is 3. The van der Waals surface area contributed by atoms with Gasteiger partial charge in [0.25, 0.3) is 0 Å². The lowest BCUT2D eigenvalue weighted by atomic mass is 10.0. The highest BCUT2D eigenvalue weighted by molar-refractivity contribution is 5.64. The maximum absolute atomic E-state index is 5.84. The standard InChI is InChI=1S/C17H25NO2/c1-5-18-11-12(3)7-14-10-17-15(8-13(4)20-17)9-16(14)19-6-2/h7,9-10,13,18H,5-6,8,11H2,1-4H3. The highest BCUT2D eigenvalue weighted by Crippen LogP contribution is 2.36. The number of nitrogens with one attached hydrogen (secondary N) is 1. The second-order valence-electron chi connectivity index (χ2n) is 5.33. The molecule has 1 aliphatic rings. The van der Waals surface area contributed by atoms with E-state index in [2.05, 4.69) is 44.3 Å². The number of hydrogen-bond donors (Lipinski definition) is 1. The number of fused-ring (bicyclic) bond motifs is 1. The molecule has 1 atom stereocenters. The first-order chi connectivity index (χ1) is 9.63. The van der Waals surface area contributed by atoms with Crippen LogP contribution >= 0.6 is 0 Å². The number of rotatable bonds is 6.